The van der Waals surface area contributed by atoms with Crippen molar-refractivity contribution in [1.82, 2.24) is 5.32 Å². The zero-order chi connectivity index (χ0) is 18.1. The summed E-state index contributed by atoms with van der Waals surface area (Å²) in [5, 5.41) is 2.92. The van der Waals surface area contributed by atoms with Crippen LogP contribution >= 0.6 is 15.9 Å². The van der Waals surface area contributed by atoms with Gasteiger partial charge in [-0.05, 0) is 61.1 Å². The van der Waals surface area contributed by atoms with Crippen LogP contribution in [0.5, 0.6) is 0 Å². The Hall–Kier alpha value is -2.14. The predicted molar refractivity (Wildman–Crippen MR) is 103 cm³/mol. The normalized spacial score (nSPS) is 10.4. The molecule has 2 rings (SSSR count). The third kappa shape index (κ3) is 7.10. The summed E-state index contributed by atoms with van der Waals surface area (Å²) in [7, 11) is 0. The highest BCUT2D eigenvalue weighted by molar-refractivity contribution is 9.10. The van der Waals surface area contributed by atoms with E-state index in [4.69, 9.17) is 5.73 Å². The summed E-state index contributed by atoms with van der Waals surface area (Å²) >= 11 is 3.42. The Kier molecular flexibility index (Phi) is 7.67. The standard InChI is InChI=1S/C20H23BrN2O2/c21-18-10-8-15(9-11-18)4-1-2-7-19(24)23-13-12-16-5-3-6-17(14-16)20(22)25/h3,5-6,8-11,14H,1-2,4,7,12-13H2,(H2,22,25)(H,23,24). The Morgan fingerprint density at radius 2 is 1.72 bits per heavy atom. The van der Waals surface area contributed by atoms with Gasteiger partial charge in [-0.3, -0.25) is 9.59 Å². The second kappa shape index (κ2) is 9.99. The summed E-state index contributed by atoms with van der Waals surface area (Å²) in [4.78, 5) is 23.0. The predicted octanol–water partition coefficient (Wildman–Crippen LogP) is 3.62. The molecule has 0 aliphatic carbocycles. The van der Waals surface area contributed by atoms with E-state index < -0.39 is 5.91 Å². The van der Waals surface area contributed by atoms with Crippen molar-refractivity contribution in [2.45, 2.75) is 32.1 Å². The van der Waals surface area contributed by atoms with E-state index in [0.717, 1.165) is 29.3 Å². The van der Waals surface area contributed by atoms with Crippen molar-refractivity contribution in [2.24, 2.45) is 5.73 Å². The minimum Gasteiger partial charge on any atom is -0.366 e. The molecule has 2 aromatic rings. The Morgan fingerprint density at radius 1 is 0.960 bits per heavy atom. The largest absolute Gasteiger partial charge is 0.366 e. The summed E-state index contributed by atoms with van der Waals surface area (Å²) in [6.45, 7) is 0.563. The maximum Gasteiger partial charge on any atom is 0.248 e. The number of carbonyl (C=O) groups is 2. The molecule has 0 fully saturated rings. The van der Waals surface area contributed by atoms with Crippen LogP contribution in [0.1, 0.15) is 40.7 Å². The molecule has 0 saturated carbocycles. The second-order valence-corrected chi connectivity index (χ2v) is 6.91. The zero-order valence-electron chi connectivity index (χ0n) is 14.1. The number of primary amides is 1. The van der Waals surface area contributed by atoms with Gasteiger partial charge in [0.1, 0.15) is 0 Å². The molecule has 0 aliphatic heterocycles. The molecule has 2 amide bonds. The quantitative estimate of drug-likeness (QED) is 0.628. The van der Waals surface area contributed by atoms with Gasteiger partial charge in [0.15, 0.2) is 0 Å². The minimum atomic E-state index is -0.434. The number of halogens is 1. The molecule has 3 N–H and O–H groups in total. The molecule has 0 aliphatic rings. The van der Waals surface area contributed by atoms with Gasteiger partial charge in [-0.25, -0.2) is 0 Å². The number of nitrogens with two attached hydrogens (primary N) is 1. The fourth-order valence-corrected chi connectivity index (χ4v) is 2.84. The molecule has 2 aromatic carbocycles. The highest BCUT2D eigenvalue weighted by Gasteiger charge is 2.04. The lowest BCUT2D eigenvalue weighted by Crippen LogP contribution is -2.25. The number of nitrogens with one attached hydrogen (secondary N) is 1. The van der Waals surface area contributed by atoms with Gasteiger partial charge in [-0.1, -0.05) is 40.2 Å². The van der Waals surface area contributed by atoms with Crippen LogP contribution in [0.25, 0.3) is 0 Å². The number of hydrogen-bond acceptors (Lipinski definition) is 2. The molecular weight excluding hydrogens is 380 g/mol. The average molecular weight is 403 g/mol. The number of amides is 2. The SMILES string of the molecule is NC(=O)c1cccc(CCNC(=O)CCCCc2ccc(Br)cc2)c1. The number of carbonyl (C=O) groups excluding carboxylic acids is 2. The molecule has 0 saturated heterocycles. The van der Waals surface area contributed by atoms with Crippen LogP contribution < -0.4 is 11.1 Å². The van der Waals surface area contributed by atoms with E-state index in [9.17, 15) is 9.59 Å². The van der Waals surface area contributed by atoms with E-state index in [1.807, 2.05) is 18.2 Å². The van der Waals surface area contributed by atoms with Gasteiger partial charge < -0.3 is 11.1 Å². The Morgan fingerprint density at radius 3 is 2.44 bits per heavy atom. The molecule has 0 spiro atoms. The van der Waals surface area contributed by atoms with Crippen LogP contribution in [0.4, 0.5) is 0 Å². The van der Waals surface area contributed by atoms with E-state index >= 15 is 0 Å². The topological polar surface area (TPSA) is 72.2 Å². The maximum absolute atomic E-state index is 11.9. The van der Waals surface area contributed by atoms with Gasteiger partial charge in [-0.15, -0.1) is 0 Å². The fraction of sp³-hybridized carbons (Fsp3) is 0.300. The maximum atomic E-state index is 11.9. The zero-order valence-corrected chi connectivity index (χ0v) is 15.7. The summed E-state index contributed by atoms with van der Waals surface area (Å²) in [5.41, 5.74) is 8.05. The highest BCUT2D eigenvalue weighted by Crippen LogP contribution is 2.13. The minimum absolute atomic E-state index is 0.0712. The van der Waals surface area contributed by atoms with Gasteiger partial charge >= 0.3 is 0 Å². The summed E-state index contributed by atoms with van der Waals surface area (Å²) in [6, 6.07) is 15.5. The lowest BCUT2D eigenvalue weighted by Gasteiger charge is -2.06. The smallest absolute Gasteiger partial charge is 0.248 e. The number of aryl methyl sites for hydroxylation is 1. The first-order chi connectivity index (χ1) is 12.0. The second-order valence-electron chi connectivity index (χ2n) is 6.00. The van der Waals surface area contributed by atoms with Crippen molar-refractivity contribution >= 4 is 27.7 Å². The summed E-state index contributed by atoms with van der Waals surface area (Å²) in [6.07, 6.45) is 4.08. The number of benzene rings is 2. The van der Waals surface area contributed by atoms with Crippen LogP contribution in [-0.2, 0) is 17.6 Å². The molecule has 0 bridgehead atoms. The number of hydrogen-bond donors (Lipinski definition) is 2. The van der Waals surface area contributed by atoms with Gasteiger partial charge in [-0.2, -0.15) is 0 Å². The molecule has 5 heteroatoms. The third-order valence-corrected chi connectivity index (χ3v) is 4.51. The molecule has 0 atom stereocenters. The van der Waals surface area contributed by atoms with Crippen molar-refractivity contribution < 1.29 is 9.59 Å². The van der Waals surface area contributed by atoms with E-state index in [2.05, 4.69) is 33.4 Å². The van der Waals surface area contributed by atoms with E-state index in [-0.39, 0.29) is 5.91 Å². The first-order valence-corrected chi connectivity index (χ1v) is 9.24. The van der Waals surface area contributed by atoms with Gasteiger partial charge in [0, 0.05) is 23.0 Å². The van der Waals surface area contributed by atoms with E-state index in [0.29, 0.717) is 24.9 Å². The van der Waals surface area contributed by atoms with Crippen molar-refractivity contribution in [1.29, 1.82) is 0 Å². The molecule has 0 unspecified atom stereocenters. The van der Waals surface area contributed by atoms with Crippen LogP contribution in [0, 0.1) is 0 Å². The fourth-order valence-electron chi connectivity index (χ4n) is 2.58. The van der Waals surface area contributed by atoms with Crippen molar-refractivity contribution in [3.8, 4) is 0 Å². The molecule has 0 radical (unpaired) electrons. The van der Waals surface area contributed by atoms with Crippen LogP contribution in [0.2, 0.25) is 0 Å². The lowest BCUT2D eigenvalue weighted by atomic mass is 10.1. The molecule has 4 nitrogen and oxygen atoms in total. The average Bonchev–Trinajstić information content (AvgIpc) is 2.60. The highest BCUT2D eigenvalue weighted by atomic mass is 79.9. The van der Waals surface area contributed by atoms with Crippen molar-refractivity contribution in [3.05, 3.63) is 69.7 Å². The van der Waals surface area contributed by atoms with Gasteiger partial charge in [0.05, 0.1) is 0 Å². The lowest BCUT2D eigenvalue weighted by molar-refractivity contribution is -0.121. The van der Waals surface area contributed by atoms with Crippen LogP contribution in [0.15, 0.2) is 53.0 Å². The van der Waals surface area contributed by atoms with E-state index in [1.54, 1.807) is 18.2 Å². The monoisotopic (exact) mass is 402 g/mol. The third-order valence-electron chi connectivity index (χ3n) is 3.98. The molecule has 0 heterocycles. The first kappa shape index (κ1) is 19.2. The van der Waals surface area contributed by atoms with Gasteiger partial charge in [0.25, 0.3) is 0 Å². The molecule has 0 aromatic heterocycles. The Labute approximate surface area is 156 Å². The van der Waals surface area contributed by atoms with Crippen LogP contribution in [0.3, 0.4) is 0 Å². The number of rotatable bonds is 9. The number of unbranched alkanes of at least 4 members (excludes halogenated alkanes) is 1. The van der Waals surface area contributed by atoms with Crippen molar-refractivity contribution in [2.75, 3.05) is 6.54 Å². The molecule has 25 heavy (non-hydrogen) atoms. The van der Waals surface area contributed by atoms with Crippen LogP contribution in [-0.4, -0.2) is 18.4 Å². The molecule has 132 valence electrons. The summed E-state index contributed by atoms with van der Waals surface area (Å²) in [5.74, 6) is -0.362. The summed E-state index contributed by atoms with van der Waals surface area (Å²) < 4.78 is 1.08. The van der Waals surface area contributed by atoms with Gasteiger partial charge in [0.2, 0.25) is 11.8 Å². The first-order valence-electron chi connectivity index (χ1n) is 8.44. The van der Waals surface area contributed by atoms with Crippen molar-refractivity contribution in [3.63, 3.8) is 0 Å². The molecular formula is C20H23BrN2O2. The Balaban J connectivity index is 1.61. The Bertz CT molecular complexity index is 714. The van der Waals surface area contributed by atoms with E-state index in [1.165, 1.54) is 5.56 Å².